The number of alkyl carbamates (subject to hydrolysis) is 1. The summed E-state index contributed by atoms with van der Waals surface area (Å²) in [6, 6.07) is 0.350. The number of carbonyl (C=O) groups excluding carboxylic acids is 1. The Labute approximate surface area is 97.1 Å². The van der Waals surface area contributed by atoms with Crippen molar-refractivity contribution in [2.75, 3.05) is 13.1 Å². The fraction of sp³-hybridized carbons (Fsp3) is 0.917. The zero-order valence-electron chi connectivity index (χ0n) is 9.84. The minimum atomic E-state index is -0.209. The fourth-order valence-electron chi connectivity index (χ4n) is 2.51. The lowest BCUT2D eigenvalue weighted by Crippen LogP contribution is -2.41. The predicted molar refractivity (Wildman–Crippen MR) is 62.4 cm³/mol. The van der Waals surface area contributed by atoms with Crippen LogP contribution in [-0.2, 0) is 4.74 Å². The average Bonchev–Trinajstić information content (AvgIpc) is 2.31. The van der Waals surface area contributed by atoms with Crippen molar-refractivity contribution in [1.82, 2.24) is 10.6 Å². The van der Waals surface area contributed by atoms with Gasteiger partial charge in [-0.2, -0.15) is 0 Å². The van der Waals surface area contributed by atoms with E-state index in [-0.39, 0.29) is 12.2 Å². The molecule has 2 fully saturated rings. The largest absolute Gasteiger partial charge is 0.446 e. The van der Waals surface area contributed by atoms with E-state index in [9.17, 15) is 4.79 Å². The quantitative estimate of drug-likeness (QED) is 0.755. The van der Waals surface area contributed by atoms with Crippen molar-refractivity contribution in [2.45, 2.75) is 57.1 Å². The lowest BCUT2D eigenvalue weighted by molar-refractivity contribution is 0.0755. The van der Waals surface area contributed by atoms with Crippen LogP contribution in [0.5, 0.6) is 0 Å². The molecule has 4 heteroatoms. The number of amides is 1. The van der Waals surface area contributed by atoms with Crippen LogP contribution in [0, 0.1) is 0 Å². The van der Waals surface area contributed by atoms with Crippen molar-refractivity contribution in [3.05, 3.63) is 0 Å². The molecule has 0 unspecified atom stereocenters. The van der Waals surface area contributed by atoms with Gasteiger partial charge in [-0.1, -0.05) is 19.3 Å². The van der Waals surface area contributed by atoms with Crippen LogP contribution in [-0.4, -0.2) is 31.3 Å². The van der Waals surface area contributed by atoms with Gasteiger partial charge in [0.15, 0.2) is 0 Å². The Balaban J connectivity index is 1.66. The average molecular weight is 226 g/mol. The summed E-state index contributed by atoms with van der Waals surface area (Å²) in [7, 11) is 0. The maximum absolute atomic E-state index is 11.6. The molecule has 92 valence electrons. The summed E-state index contributed by atoms with van der Waals surface area (Å²) in [5.41, 5.74) is 0. The predicted octanol–water partition coefficient (Wildman–Crippen LogP) is 1.80. The fourth-order valence-corrected chi connectivity index (χ4v) is 2.51. The van der Waals surface area contributed by atoms with Crippen LogP contribution in [0.2, 0.25) is 0 Å². The molecule has 1 aliphatic heterocycles. The van der Waals surface area contributed by atoms with E-state index in [2.05, 4.69) is 10.6 Å². The molecule has 1 saturated carbocycles. The molecule has 16 heavy (non-hydrogen) atoms. The molecular weight excluding hydrogens is 204 g/mol. The zero-order valence-corrected chi connectivity index (χ0v) is 9.84. The summed E-state index contributed by atoms with van der Waals surface area (Å²) in [5, 5.41) is 6.24. The summed E-state index contributed by atoms with van der Waals surface area (Å²) < 4.78 is 5.40. The highest BCUT2D eigenvalue weighted by atomic mass is 16.6. The maximum atomic E-state index is 11.6. The van der Waals surface area contributed by atoms with Crippen molar-refractivity contribution in [1.29, 1.82) is 0 Å². The number of piperidine rings is 1. The SMILES string of the molecule is O=C(NC1CCCCC1)OC1CCNCC1. The standard InChI is InChI=1S/C12H22N2O2/c15-12(14-10-4-2-1-3-5-10)16-11-6-8-13-9-7-11/h10-11,13H,1-9H2,(H,14,15). The van der Waals surface area contributed by atoms with Gasteiger partial charge in [0.25, 0.3) is 0 Å². The van der Waals surface area contributed by atoms with Gasteiger partial charge in [-0.25, -0.2) is 4.79 Å². The lowest BCUT2D eigenvalue weighted by Gasteiger charge is -2.26. The topological polar surface area (TPSA) is 50.4 Å². The Morgan fingerprint density at radius 3 is 2.44 bits per heavy atom. The van der Waals surface area contributed by atoms with E-state index in [1.807, 2.05) is 0 Å². The van der Waals surface area contributed by atoms with Crippen LogP contribution < -0.4 is 10.6 Å². The van der Waals surface area contributed by atoms with Gasteiger partial charge in [-0.3, -0.25) is 0 Å². The van der Waals surface area contributed by atoms with Crippen molar-refractivity contribution in [2.24, 2.45) is 0 Å². The highest BCUT2D eigenvalue weighted by Gasteiger charge is 2.20. The van der Waals surface area contributed by atoms with E-state index in [1.54, 1.807) is 0 Å². The molecular formula is C12H22N2O2. The smallest absolute Gasteiger partial charge is 0.407 e. The normalized spacial score (nSPS) is 24.0. The number of rotatable bonds is 2. The first-order valence-corrected chi connectivity index (χ1v) is 6.52. The van der Waals surface area contributed by atoms with Gasteiger partial charge < -0.3 is 15.4 Å². The summed E-state index contributed by atoms with van der Waals surface area (Å²) in [4.78, 5) is 11.6. The highest BCUT2D eigenvalue weighted by molar-refractivity contribution is 5.67. The zero-order chi connectivity index (χ0) is 11.2. The van der Waals surface area contributed by atoms with E-state index in [1.165, 1.54) is 19.3 Å². The molecule has 2 N–H and O–H groups in total. The van der Waals surface area contributed by atoms with E-state index >= 15 is 0 Å². The molecule has 0 aromatic carbocycles. The molecule has 0 atom stereocenters. The molecule has 2 rings (SSSR count). The first kappa shape index (κ1) is 11.7. The molecule has 1 heterocycles. The van der Waals surface area contributed by atoms with Crippen LogP contribution >= 0.6 is 0 Å². The van der Waals surface area contributed by atoms with Gasteiger partial charge in [-0.15, -0.1) is 0 Å². The molecule has 0 radical (unpaired) electrons. The second-order valence-corrected chi connectivity index (χ2v) is 4.83. The number of hydrogen-bond donors (Lipinski definition) is 2. The third-order valence-electron chi connectivity index (χ3n) is 3.49. The summed E-state index contributed by atoms with van der Waals surface area (Å²) in [6.45, 7) is 1.92. The summed E-state index contributed by atoms with van der Waals surface area (Å²) in [5.74, 6) is 0. The van der Waals surface area contributed by atoms with Crippen molar-refractivity contribution < 1.29 is 9.53 Å². The Hall–Kier alpha value is -0.770. The van der Waals surface area contributed by atoms with Gasteiger partial charge in [0.1, 0.15) is 6.10 Å². The second-order valence-electron chi connectivity index (χ2n) is 4.83. The Morgan fingerprint density at radius 1 is 1.06 bits per heavy atom. The number of hydrogen-bond acceptors (Lipinski definition) is 3. The minimum Gasteiger partial charge on any atom is -0.446 e. The lowest BCUT2D eigenvalue weighted by atomic mass is 9.96. The monoisotopic (exact) mass is 226 g/mol. The molecule has 1 aliphatic carbocycles. The van der Waals surface area contributed by atoms with Crippen LogP contribution in [0.15, 0.2) is 0 Å². The van der Waals surface area contributed by atoms with Gasteiger partial charge in [0.2, 0.25) is 0 Å². The van der Waals surface area contributed by atoms with Crippen molar-refractivity contribution in [3.8, 4) is 0 Å². The number of nitrogens with one attached hydrogen (secondary N) is 2. The first-order chi connectivity index (χ1) is 7.84. The summed E-state index contributed by atoms with van der Waals surface area (Å²) >= 11 is 0. The summed E-state index contributed by atoms with van der Waals surface area (Å²) in [6.07, 6.45) is 7.79. The molecule has 0 spiro atoms. The van der Waals surface area contributed by atoms with E-state index < -0.39 is 0 Å². The third kappa shape index (κ3) is 3.67. The molecule has 0 aromatic heterocycles. The van der Waals surface area contributed by atoms with Crippen molar-refractivity contribution in [3.63, 3.8) is 0 Å². The highest BCUT2D eigenvalue weighted by Crippen LogP contribution is 2.17. The second kappa shape index (κ2) is 6.09. The van der Waals surface area contributed by atoms with Gasteiger partial charge in [0, 0.05) is 6.04 Å². The van der Waals surface area contributed by atoms with Crippen molar-refractivity contribution >= 4 is 6.09 Å². The van der Waals surface area contributed by atoms with E-state index in [0.29, 0.717) is 6.04 Å². The Kier molecular flexibility index (Phi) is 4.45. The molecule has 0 aromatic rings. The van der Waals surface area contributed by atoms with Gasteiger partial charge in [-0.05, 0) is 38.8 Å². The van der Waals surface area contributed by atoms with E-state index in [0.717, 1.165) is 38.8 Å². The van der Waals surface area contributed by atoms with Crippen LogP contribution in [0.1, 0.15) is 44.9 Å². The number of ether oxygens (including phenoxy) is 1. The third-order valence-corrected chi connectivity index (χ3v) is 3.49. The molecule has 1 amide bonds. The van der Waals surface area contributed by atoms with E-state index in [4.69, 9.17) is 4.74 Å². The molecule has 1 saturated heterocycles. The Morgan fingerprint density at radius 2 is 1.75 bits per heavy atom. The van der Waals surface area contributed by atoms with Crippen LogP contribution in [0.4, 0.5) is 4.79 Å². The number of carbonyl (C=O) groups is 1. The van der Waals surface area contributed by atoms with Gasteiger partial charge in [0.05, 0.1) is 0 Å². The first-order valence-electron chi connectivity index (χ1n) is 6.52. The Bertz CT molecular complexity index is 199. The maximum Gasteiger partial charge on any atom is 0.407 e. The molecule has 2 aliphatic rings. The van der Waals surface area contributed by atoms with Gasteiger partial charge >= 0.3 is 6.09 Å². The minimum absolute atomic E-state index is 0.116. The molecule has 0 bridgehead atoms. The van der Waals surface area contributed by atoms with Crippen LogP contribution in [0.25, 0.3) is 0 Å². The van der Waals surface area contributed by atoms with Crippen LogP contribution in [0.3, 0.4) is 0 Å². The molecule has 4 nitrogen and oxygen atoms in total.